The van der Waals surface area contributed by atoms with E-state index in [9.17, 15) is 4.79 Å². The predicted octanol–water partition coefficient (Wildman–Crippen LogP) is 3.36. The number of benzene rings is 1. The number of hydrogen-bond acceptors (Lipinski definition) is 3. The molecule has 3 aromatic rings. The summed E-state index contributed by atoms with van der Waals surface area (Å²) in [7, 11) is 0. The van der Waals surface area contributed by atoms with Gasteiger partial charge in [-0.05, 0) is 40.1 Å². The highest BCUT2D eigenvalue weighted by atomic mass is 32.1. The number of thiophene rings is 1. The van der Waals surface area contributed by atoms with Gasteiger partial charge in [-0.1, -0.05) is 30.3 Å². The average Bonchev–Trinajstić information content (AvgIpc) is 3.28. The predicted molar refractivity (Wildman–Crippen MR) is 93.2 cm³/mol. The van der Waals surface area contributed by atoms with Crippen molar-refractivity contribution >= 4 is 23.3 Å². The number of amides is 1. The minimum Gasteiger partial charge on any atom is -0.350 e. The van der Waals surface area contributed by atoms with Crippen molar-refractivity contribution < 1.29 is 4.79 Å². The summed E-state index contributed by atoms with van der Waals surface area (Å²) < 4.78 is 1.86. The van der Waals surface area contributed by atoms with Gasteiger partial charge in [-0.25, -0.2) is 0 Å². The van der Waals surface area contributed by atoms with Crippen LogP contribution in [0.15, 0.2) is 71.7 Å². The Bertz CT molecular complexity index is 715. The van der Waals surface area contributed by atoms with Gasteiger partial charge in [0.05, 0.1) is 6.04 Å². The number of rotatable bonds is 6. The van der Waals surface area contributed by atoms with Gasteiger partial charge in [-0.2, -0.15) is 16.4 Å². The summed E-state index contributed by atoms with van der Waals surface area (Å²) >= 11 is 1.64. The van der Waals surface area contributed by atoms with Crippen LogP contribution >= 0.6 is 11.3 Å². The molecular weight excluding hydrogens is 306 g/mol. The first-order valence-corrected chi connectivity index (χ1v) is 8.29. The van der Waals surface area contributed by atoms with Crippen molar-refractivity contribution in [3.8, 4) is 0 Å². The maximum absolute atomic E-state index is 12.0. The molecule has 4 nitrogen and oxygen atoms in total. The van der Waals surface area contributed by atoms with E-state index < -0.39 is 0 Å². The maximum Gasteiger partial charge on any atom is 0.244 e. The van der Waals surface area contributed by atoms with Crippen molar-refractivity contribution in [2.45, 2.75) is 6.04 Å². The molecule has 0 saturated carbocycles. The number of carbonyl (C=O) groups is 1. The molecule has 0 saturated heterocycles. The molecule has 0 fully saturated rings. The summed E-state index contributed by atoms with van der Waals surface area (Å²) in [4.78, 5) is 12.0. The standard InChI is InChI=1S/C18H17N3OS/c22-18(8-7-15-5-2-1-3-6-15)19-13-17(16-9-12-23-14-16)21-11-4-10-20-21/h1-12,14,17H,13H2,(H,19,22). The molecule has 116 valence electrons. The molecule has 1 amide bonds. The van der Waals surface area contributed by atoms with Gasteiger partial charge in [0, 0.05) is 25.0 Å². The van der Waals surface area contributed by atoms with Crippen molar-refractivity contribution in [2.24, 2.45) is 0 Å². The highest BCUT2D eigenvalue weighted by molar-refractivity contribution is 7.07. The van der Waals surface area contributed by atoms with Gasteiger partial charge in [0.2, 0.25) is 5.91 Å². The number of nitrogens with zero attached hydrogens (tertiary/aromatic N) is 2. The lowest BCUT2D eigenvalue weighted by molar-refractivity contribution is -0.116. The van der Waals surface area contributed by atoms with Crippen LogP contribution in [0.25, 0.3) is 6.08 Å². The van der Waals surface area contributed by atoms with E-state index in [1.54, 1.807) is 23.6 Å². The normalized spacial score (nSPS) is 12.3. The van der Waals surface area contributed by atoms with E-state index in [0.717, 1.165) is 11.1 Å². The molecule has 0 aliphatic heterocycles. The third-order valence-electron chi connectivity index (χ3n) is 3.47. The zero-order valence-corrected chi connectivity index (χ0v) is 13.3. The third kappa shape index (κ3) is 4.17. The van der Waals surface area contributed by atoms with Crippen molar-refractivity contribution in [3.63, 3.8) is 0 Å². The van der Waals surface area contributed by atoms with Crippen LogP contribution in [0.3, 0.4) is 0 Å². The lowest BCUT2D eigenvalue weighted by Crippen LogP contribution is -2.30. The van der Waals surface area contributed by atoms with Gasteiger partial charge in [0.25, 0.3) is 0 Å². The first-order valence-electron chi connectivity index (χ1n) is 7.35. The van der Waals surface area contributed by atoms with E-state index >= 15 is 0 Å². The van der Waals surface area contributed by atoms with Crippen LogP contribution in [0, 0.1) is 0 Å². The van der Waals surface area contributed by atoms with Crippen molar-refractivity contribution in [3.05, 3.63) is 82.8 Å². The van der Waals surface area contributed by atoms with Crippen LogP contribution in [0.1, 0.15) is 17.2 Å². The first kappa shape index (κ1) is 15.2. The molecule has 0 spiro atoms. The highest BCUT2D eigenvalue weighted by Crippen LogP contribution is 2.19. The largest absolute Gasteiger partial charge is 0.350 e. The molecule has 2 heterocycles. The van der Waals surface area contributed by atoms with Crippen molar-refractivity contribution in [1.29, 1.82) is 0 Å². The zero-order valence-electron chi connectivity index (χ0n) is 12.5. The molecule has 3 rings (SSSR count). The Kier molecular flexibility index (Phi) is 5.01. The van der Waals surface area contributed by atoms with Gasteiger partial charge in [0.15, 0.2) is 0 Å². The molecule has 1 atom stereocenters. The van der Waals surface area contributed by atoms with Crippen LogP contribution in [-0.2, 0) is 4.79 Å². The molecular formula is C18H17N3OS. The molecule has 1 N–H and O–H groups in total. The summed E-state index contributed by atoms with van der Waals surface area (Å²) in [6.07, 6.45) is 7.02. The fourth-order valence-electron chi connectivity index (χ4n) is 2.29. The quantitative estimate of drug-likeness (QED) is 0.707. The Morgan fingerprint density at radius 2 is 2.13 bits per heavy atom. The Labute approximate surface area is 139 Å². The second-order valence-corrected chi connectivity index (χ2v) is 5.83. The molecule has 1 aromatic carbocycles. The molecule has 0 aliphatic rings. The van der Waals surface area contributed by atoms with Crippen LogP contribution in [-0.4, -0.2) is 22.2 Å². The van der Waals surface area contributed by atoms with E-state index in [1.165, 1.54) is 0 Å². The number of nitrogens with one attached hydrogen (secondary N) is 1. The Hall–Kier alpha value is -2.66. The highest BCUT2D eigenvalue weighted by Gasteiger charge is 2.15. The lowest BCUT2D eigenvalue weighted by Gasteiger charge is -2.16. The Balaban J connectivity index is 1.63. The molecule has 5 heteroatoms. The lowest BCUT2D eigenvalue weighted by atomic mass is 10.1. The summed E-state index contributed by atoms with van der Waals surface area (Å²) in [5.41, 5.74) is 2.15. The minimum absolute atomic E-state index is 0.00493. The fraction of sp³-hybridized carbons (Fsp3) is 0.111. The number of carbonyl (C=O) groups excluding carboxylic acids is 1. The Morgan fingerprint density at radius 3 is 2.83 bits per heavy atom. The zero-order chi connectivity index (χ0) is 15.9. The molecule has 2 aromatic heterocycles. The van der Waals surface area contributed by atoms with E-state index in [1.807, 2.05) is 58.7 Å². The second-order valence-electron chi connectivity index (χ2n) is 5.05. The van der Waals surface area contributed by atoms with Crippen molar-refractivity contribution in [1.82, 2.24) is 15.1 Å². The van der Waals surface area contributed by atoms with Crippen LogP contribution in [0.2, 0.25) is 0 Å². The van der Waals surface area contributed by atoms with E-state index in [0.29, 0.717) is 6.54 Å². The molecule has 0 bridgehead atoms. The summed E-state index contributed by atoms with van der Waals surface area (Å²) in [6, 6.07) is 13.7. The summed E-state index contributed by atoms with van der Waals surface area (Å²) in [5.74, 6) is -0.110. The Morgan fingerprint density at radius 1 is 1.26 bits per heavy atom. The van der Waals surface area contributed by atoms with Crippen LogP contribution in [0.5, 0.6) is 0 Å². The van der Waals surface area contributed by atoms with E-state index in [-0.39, 0.29) is 11.9 Å². The minimum atomic E-state index is -0.110. The van der Waals surface area contributed by atoms with Gasteiger partial charge in [0.1, 0.15) is 0 Å². The van der Waals surface area contributed by atoms with Gasteiger partial charge < -0.3 is 5.32 Å². The maximum atomic E-state index is 12.0. The molecule has 0 radical (unpaired) electrons. The topological polar surface area (TPSA) is 46.9 Å². The third-order valence-corrected chi connectivity index (χ3v) is 4.17. The smallest absolute Gasteiger partial charge is 0.244 e. The van der Waals surface area contributed by atoms with Crippen LogP contribution < -0.4 is 5.32 Å². The van der Waals surface area contributed by atoms with E-state index in [2.05, 4.69) is 21.9 Å². The summed E-state index contributed by atoms with van der Waals surface area (Å²) in [5, 5.41) is 11.4. The monoisotopic (exact) mass is 323 g/mol. The SMILES string of the molecule is O=C(C=Cc1ccccc1)NCC(c1ccsc1)n1cccn1. The van der Waals surface area contributed by atoms with E-state index in [4.69, 9.17) is 0 Å². The average molecular weight is 323 g/mol. The van der Waals surface area contributed by atoms with Gasteiger partial charge >= 0.3 is 0 Å². The van der Waals surface area contributed by atoms with Gasteiger partial charge in [-0.3, -0.25) is 9.48 Å². The number of aromatic nitrogens is 2. The molecule has 0 aliphatic carbocycles. The van der Waals surface area contributed by atoms with Gasteiger partial charge in [-0.15, -0.1) is 0 Å². The molecule has 1 unspecified atom stereocenters. The van der Waals surface area contributed by atoms with Crippen molar-refractivity contribution in [2.75, 3.05) is 6.54 Å². The summed E-state index contributed by atoms with van der Waals surface area (Å²) in [6.45, 7) is 0.496. The van der Waals surface area contributed by atoms with Crippen LogP contribution in [0.4, 0.5) is 0 Å². The number of hydrogen-bond donors (Lipinski definition) is 1. The second kappa shape index (κ2) is 7.56. The molecule has 23 heavy (non-hydrogen) atoms. The first-order chi connectivity index (χ1) is 11.3. The fourth-order valence-corrected chi connectivity index (χ4v) is 2.99.